The summed E-state index contributed by atoms with van der Waals surface area (Å²) in [5, 5.41) is 0. The molecular weight excluding hydrogens is 329 g/mol. The summed E-state index contributed by atoms with van der Waals surface area (Å²) in [6.45, 7) is 26.7. The fourth-order valence-corrected chi connectivity index (χ4v) is 9.30. The minimum Gasteiger partial charge on any atom is -0.403 e. The molecule has 0 heterocycles. The summed E-state index contributed by atoms with van der Waals surface area (Å²) < 4.78 is 7.56. The van der Waals surface area contributed by atoms with E-state index in [-0.39, 0.29) is 0 Å². The Balaban J connectivity index is 7.02. The first kappa shape index (κ1) is 24.7. The second kappa shape index (κ2) is 10.1. The van der Waals surface area contributed by atoms with E-state index in [9.17, 15) is 5.53 Å². The second-order valence-electron chi connectivity index (χ2n) is 8.47. The zero-order chi connectivity index (χ0) is 20.1. The summed E-state index contributed by atoms with van der Waals surface area (Å²) in [4.78, 5) is 3.54. The molecule has 25 heavy (non-hydrogen) atoms. The number of hydrogen-bond donors (Lipinski definition) is 0. The molecule has 0 aromatic carbocycles. The van der Waals surface area contributed by atoms with Crippen molar-refractivity contribution in [2.45, 2.75) is 119 Å². The Bertz CT molecular complexity index is 365. The number of rotatable bonds is 10. The Labute approximate surface area is 157 Å². The van der Waals surface area contributed by atoms with Crippen molar-refractivity contribution >= 4 is 13.7 Å². The predicted molar refractivity (Wildman–Crippen MR) is 112 cm³/mol. The van der Waals surface area contributed by atoms with Crippen LogP contribution in [0.2, 0.25) is 0 Å². The van der Waals surface area contributed by atoms with Crippen molar-refractivity contribution in [3.63, 3.8) is 0 Å². The average Bonchev–Trinajstić information content (AvgIpc) is 2.35. The Morgan fingerprint density at radius 2 is 0.760 bits per heavy atom. The van der Waals surface area contributed by atoms with Crippen LogP contribution in [-0.4, -0.2) is 61.0 Å². The van der Waals surface area contributed by atoms with E-state index in [4.69, 9.17) is 0 Å². The first-order valence-corrected chi connectivity index (χ1v) is 11.4. The van der Waals surface area contributed by atoms with E-state index in [1.54, 1.807) is 0 Å². The van der Waals surface area contributed by atoms with Gasteiger partial charge >= 0.3 is 0 Å². The number of hydrogen-bond acceptors (Lipinski definition) is 3. The van der Waals surface area contributed by atoms with Crippen LogP contribution in [0.4, 0.5) is 0 Å². The zero-order valence-electron chi connectivity index (χ0n) is 18.6. The molecule has 0 aromatic heterocycles. The van der Waals surface area contributed by atoms with Gasteiger partial charge in [0.25, 0.3) is 0 Å². The van der Waals surface area contributed by atoms with Crippen LogP contribution in [0.3, 0.4) is 0 Å². The van der Waals surface area contributed by atoms with Gasteiger partial charge in [0.2, 0.25) is 0 Å². The van der Waals surface area contributed by atoms with Crippen molar-refractivity contribution in [2.24, 2.45) is 0 Å². The highest BCUT2D eigenvalue weighted by Crippen LogP contribution is 2.69. The van der Waals surface area contributed by atoms with E-state index in [1.807, 2.05) is 0 Å². The van der Waals surface area contributed by atoms with Crippen LogP contribution in [0.15, 0.2) is 0 Å². The van der Waals surface area contributed by atoms with Gasteiger partial charge in [-0.15, -0.1) is 0 Å². The van der Waals surface area contributed by atoms with Gasteiger partial charge in [-0.05, 0) is 83.1 Å². The summed E-state index contributed by atoms with van der Waals surface area (Å²) in [7, 11) is -2.33. The van der Waals surface area contributed by atoms with Gasteiger partial charge in [-0.2, -0.15) is 14.0 Å². The summed E-state index contributed by atoms with van der Waals surface area (Å²) in [6, 6.07) is 1.85. The average molecular weight is 372 g/mol. The Morgan fingerprint density at radius 3 is 0.880 bits per heavy atom. The van der Waals surface area contributed by atoms with Crippen LogP contribution < -0.4 is 0 Å². The van der Waals surface area contributed by atoms with Crippen LogP contribution >= 0.6 is 7.71 Å². The fraction of sp³-hybridized carbons (Fsp3) is 0.947. The number of nitrogens with zero attached hydrogens (tertiary/aromatic N) is 5. The molecule has 5 nitrogen and oxygen atoms in total. The molecule has 0 aliphatic carbocycles. The SMILES string of the molecule is CC(C)N(C(C)C)[P+]([C-]=[N+]=[N-])(N(C(C)C)C(C)C)N(C(C)C)C(C)C. The normalized spacial score (nSPS) is 13.6. The lowest BCUT2D eigenvalue weighted by atomic mass is 10.3. The fourth-order valence-electron chi connectivity index (χ4n) is 4.29. The maximum Gasteiger partial charge on any atom is 0.181 e. The van der Waals surface area contributed by atoms with Crippen LogP contribution in [0, 0.1) is 0 Å². The molecule has 0 amide bonds. The van der Waals surface area contributed by atoms with Crippen LogP contribution in [0.1, 0.15) is 83.1 Å². The third kappa shape index (κ3) is 5.34. The van der Waals surface area contributed by atoms with Crippen LogP contribution in [0.5, 0.6) is 0 Å². The first-order valence-electron chi connectivity index (χ1n) is 9.72. The molecule has 0 spiro atoms. The van der Waals surface area contributed by atoms with Crippen molar-refractivity contribution in [3.8, 4) is 0 Å². The minimum absolute atomic E-state index is 0.308. The van der Waals surface area contributed by atoms with E-state index >= 15 is 0 Å². The van der Waals surface area contributed by atoms with Gasteiger partial charge in [0, 0.05) is 36.3 Å². The van der Waals surface area contributed by atoms with E-state index in [2.05, 4.69) is 108 Å². The van der Waals surface area contributed by atoms with E-state index in [0.717, 1.165) is 0 Å². The van der Waals surface area contributed by atoms with Gasteiger partial charge < -0.3 is 10.3 Å². The smallest absolute Gasteiger partial charge is 0.181 e. The lowest BCUT2D eigenvalue weighted by Crippen LogP contribution is -2.57. The molecule has 0 N–H and O–H groups in total. The van der Waals surface area contributed by atoms with Crippen molar-refractivity contribution in [2.75, 3.05) is 0 Å². The van der Waals surface area contributed by atoms with Gasteiger partial charge in [-0.1, -0.05) is 0 Å². The molecule has 0 aliphatic heterocycles. The van der Waals surface area contributed by atoms with Gasteiger partial charge in [0.1, 0.15) is 0 Å². The van der Waals surface area contributed by atoms with Gasteiger partial charge in [0.15, 0.2) is 13.7 Å². The molecular formula is C19H42N5P. The molecule has 0 aromatic rings. The van der Waals surface area contributed by atoms with E-state index < -0.39 is 7.71 Å². The standard InChI is InChI=1S/C19H42N5P/c1-14(2)22(15(3)4)25(13-21-20,23(16(5)6)17(7)8)24(18(9)10)19(11)12/h14-19H,1-12H3. The molecule has 0 saturated carbocycles. The van der Waals surface area contributed by atoms with Crippen LogP contribution in [0.25, 0.3) is 5.53 Å². The van der Waals surface area contributed by atoms with Crippen LogP contribution in [-0.2, 0) is 0 Å². The van der Waals surface area contributed by atoms with Gasteiger partial charge in [-0.25, -0.2) is 0 Å². The molecule has 0 atom stereocenters. The van der Waals surface area contributed by atoms with Gasteiger partial charge in [0.05, 0.1) is 0 Å². The van der Waals surface area contributed by atoms with Crippen molar-refractivity contribution in [1.29, 1.82) is 0 Å². The highest BCUT2D eigenvalue weighted by molar-refractivity contribution is 7.82. The lowest BCUT2D eigenvalue weighted by molar-refractivity contribution is 0.00460. The Morgan fingerprint density at radius 1 is 0.560 bits per heavy atom. The zero-order valence-corrected chi connectivity index (χ0v) is 19.5. The summed E-state index contributed by atoms with van der Waals surface area (Å²) in [5.41, 5.74) is 9.70. The highest BCUT2D eigenvalue weighted by Gasteiger charge is 2.56. The Hall–Kier alpha value is -0.310. The largest absolute Gasteiger partial charge is 0.403 e. The van der Waals surface area contributed by atoms with E-state index in [0.29, 0.717) is 36.3 Å². The summed E-state index contributed by atoms with van der Waals surface area (Å²) in [6.07, 6.45) is 0. The molecule has 0 aliphatic rings. The third-order valence-electron chi connectivity index (χ3n) is 4.32. The predicted octanol–water partition coefficient (Wildman–Crippen LogP) is 5.24. The Kier molecular flexibility index (Phi) is 10.0. The third-order valence-corrected chi connectivity index (χ3v) is 9.38. The highest BCUT2D eigenvalue weighted by atomic mass is 31.2. The molecule has 0 fully saturated rings. The van der Waals surface area contributed by atoms with Gasteiger partial charge in [-0.3, -0.25) is 0 Å². The maximum absolute atomic E-state index is 9.70. The summed E-state index contributed by atoms with van der Waals surface area (Å²) >= 11 is 0. The molecule has 148 valence electrons. The first-order chi connectivity index (χ1) is 11.4. The topological polar surface area (TPSA) is 46.1 Å². The van der Waals surface area contributed by atoms with Crippen molar-refractivity contribution in [3.05, 3.63) is 5.53 Å². The molecule has 0 unspecified atom stereocenters. The van der Waals surface area contributed by atoms with E-state index in [1.165, 1.54) is 0 Å². The monoisotopic (exact) mass is 371 g/mol. The molecule has 6 heteroatoms. The lowest BCUT2D eigenvalue weighted by Gasteiger charge is -2.56. The minimum atomic E-state index is -2.33. The second-order valence-corrected chi connectivity index (χ2v) is 11.2. The molecule has 0 rings (SSSR count). The quantitative estimate of drug-likeness (QED) is 0.173. The molecule has 0 saturated heterocycles. The molecule has 0 radical (unpaired) electrons. The van der Waals surface area contributed by atoms with Crippen molar-refractivity contribution < 1.29 is 4.79 Å². The molecule has 0 bridgehead atoms. The summed E-state index contributed by atoms with van der Waals surface area (Å²) in [5.74, 6) is 3.25. The maximum atomic E-state index is 9.70. The van der Waals surface area contributed by atoms with Crippen molar-refractivity contribution in [1.82, 2.24) is 14.0 Å².